The van der Waals surface area contributed by atoms with Crippen LogP contribution in [0.3, 0.4) is 0 Å². The van der Waals surface area contributed by atoms with Crippen LogP contribution in [0.15, 0.2) is 48.5 Å². The van der Waals surface area contributed by atoms with Gasteiger partial charge in [-0.3, -0.25) is 0 Å². The number of ether oxygens (including phenoxy) is 1. The summed E-state index contributed by atoms with van der Waals surface area (Å²) in [6, 6.07) is 15.4. The summed E-state index contributed by atoms with van der Waals surface area (Å²) in [7, 11) is 0.711. The number of carbonyl (C=O) groups excluding carboxylic acids is 1. The van der Waals surface area contributed by atoms with Gasteiger partial charge in [-0.1, -0.05) is 55.8 Å². The molecule has 0 aromatic heterocycles. The fourth-order valence-corrected chi connectivity index (χ4v) is 2.90. The fourth-order valence-electron chi connectivity index (χ4n) is 2.01. The van der Waals surface area contributed by atoms with Crippen LogP contribution in [0.5, 0.6) is 5.75 Å². The largest absolute Gasteiger partial charge is 1.00 e. The van der Waals surface area contributed by atoms with E-state index in [1.165, 1.54) is 0 Å². The van der Waals surface area contributed by atoms with Gasteiger partial charge in [0.05, 0.1) is 6.61 Å². The minimum Gasteiger partial charge on any atom is -0.494 e. The second-order valence-corrected chi connectivity index (χ2v) is 6.87. The summed E-state index contributed by atoms with van der Waals surface area (Å²) >= 11 is 0. The molecule has 0 saturated heterocycles. The van der Waals surface area contributed by atoms with Crippen molar-refractivity contribution in [2.75, 3.05) is 6.61 Å². The van der Waals surface area contributed by atoms with Crippen molar-refractivity contribution in [1.82, 2.24) is 0 Å². The Morgan fingerprint density at radius 1 is 1.13 bits per heavy atom. The number of hydrogen-bond acceptors (Lipinski definition) is 2. The minimum absolute atomic E-state index is 0. The minimum atomic E-state index is 0. The zero-order valence-corrected chi connectivity index (χ0v) is 15.3. The zero-order chi connectivity index (χ0) is 15.9. The molecule has 0 amide bonds. The Morgan fingerprint density at radius 3 is 2.43 bits per heavy atom. The smallest absolute Gasteiger partial charge is 0.494 e. The molecule has 4 heteroatoms. The molecule has 0 atom stereocenters. The van der Waals surface area contributed by atoms with E-state index in [0.717, 1.165) is 35.2 Å². The van der Waals surface area contributed by atoms with Crippen LogP contribution in [-0.2, 0) is 0 Å². The van der Waals surface area contributed by atoms with Crippen LogP contribution in [-0.4, -0.2) is 12.1 Å². The van der Waals surface area contributed by atoms with Crippen molar-refractivity contribution in [3.05, 3.63) is 59.7 Å². The Kier molecular flexibility index (Phi) is 8.64. The Balaban J connectivity index is 0.00000264. The molecule has 0 aliphatic carbocycles. The van der Waals surface area contributed by atoms with Crippen LogP contribution in [0.4, 0.5) is 0 Å². The van der Waals surface area contributed by atoms with E-state index < -0.39 is 0 Å². The molecule has 116 valence electrons. The van der Waals surface area contributed by atoms with Crippen LogP contribution in [0.2, 0.25) is 0 Å². The van der Waals surface area contributed by atoms with Gasteiger partial charge >= 0.3 is 18.9 Å². The standard InChI is InChI=1S/C19H22O2P.Li/c1-14(2)11-12-21-17-9-10-18(15(3)13-17)22-19(20)16-7-5-4-6-8-16;/h4-10,13-14H,11-12H2,1-3H3;/q-1;+1. The third kappa shape index (κ3) is 6.52. The number of hydrogen-bond donors (Lipinski definition) is 0. The molecule has 2 aromatic rings. The first-order chi connectivity index (χ1) is 10.6. The topological polar surface area (TPSA) is 26.3 Å². The van der Waals surface area contributed by atoms with E-state index >= 15 is 0 Å². The third-order valence-electron chi connectivity index (χ3n) is 3.37. The number of carbonyl (C=O) groups is 1. The summed E-state index contributed by atoms with van der Waals surface area (Å²) < 4.78 is 5.75. The van der Waals surface area contributed by atoms with Crippen LogP contribution in [0.25, 0.3) is 0 Å². The molecule has 0 bridgehead atoms. The van der Waals surface area contributed by atoms with Gasteiger partial charge in [-0.05, 0) is 37.0 Å². The molecule has 0 fully saturated rings. The molecular formula is C19H22LiO2P. The van der Waals surface area contributed by atoms with Crippen LogP contribution in [0.1, 0.15) is 36.2 Å². The maximum absolute atomic E-state index is 12.3. The average Bonchev–Trinajstić information content (AvgIpc) is 2.50. The van der Waals surface area contributed by atoms with E-state index in [9.17, 15) is 4.79 Å². The second kappa shape index (κ2) is 9.94. The van der Waals surface area contributed by atoms with Gasteiger partial charge in [0.1, 0.15) is 5.75 Å². The number of rotatable bonds is 7. The summed E-state index contributed by atoms with van der Waals surface area (Å²) in [5, 5.41) is 1.03. The van der Waals surface area contributed by atoms with E-state index in [2.05, 4.69) is 13.8 Å². The molecule has 0 N–H and O–H groups in total. The van der Waals surface area contributed by atoms with E-state index in [4.69, 9.17) is 4.74 Å². The molecule has 2 rings (SSSR count). The molecule has 0 spiro atoms. The van der Waals surface area contributed by atoms with E-state index in [-0.39, 0.29) is 24.4 Å². The predicted octanol–water partition coefficient (Wildman–Crippen LogP) is 1.84. The number of aryl methyl sites for hydroxylation is 1. The van der Waals surface area contributed by atoms with Crippen molar-refractivity contribution in [2.45, 2.75) is 27.2 Å². The molecule has 0 saturated carbocycles. The quantitative estimate of drug-likeness (QED) is 0.575. The zero-order valence-electron chi connectivity index (χ0n) is 14.4. The molecule has 0 heterocycles. The van der Waals surface area contributed by atoms with Crippen LogP contribution in [0, 0.1) is 12.8 Å². The Hall–Kier alpha value is -1.06. The third-order valence-corrected chi connectivity index (χ3v) is 4.58. The summed E-state index contributed by atoms with van der Waals surface area (Å²) in [4.78, 5) is 12.3. The molecule has 2 aromatic carbocycles. The molecule has 23 heavy (non-hydrogen) atoms. The van der Waals surface area contributed by atoms with Crippen molar-refractivity contribution < 1.29 is 28.4 Å². The van der Waals surface area contributed by atoms with E-state index in [1.54, 1.807) is 0 Å². The van der Waals surface area contributed by atoms with Gasteiger partial charge in [0.25, 0.3) is 0 Å². The molecule has 0 aliphatic heterocycles. The van der Waals surface area contributed by atoms with Crippen molar-refractivity contribution >= 4 is 19.4 Å². The van der Waals surface area contributed by atoms with Gasteiger partial charge in [0, 0.05) is 5.52 Å². The maximum Gasteiger partial charge on any atom is 1.00 e. The van der Waals surface area contributed by atoms with Crippen molar-refractivity contribution in [3.63, 3.8) is 0 Å². The fraction of sp³-hybridized carbons (Fsp3) is 0.316. The molecule has 0 radical (unpaired) electrons. The van der Waals surface area contributed by atoms with Gasteiger partial charge in [-0.15, -0.1) is 0 Å². The summed E-state index contributed by atoms with van der Waals surface area (Å²) in [5.74, 6) is 1.52. The molecular weight excluding hydrogens is 298 g/mol. The predicted molar refractivity (Wildman–Crippen MR) is 93.5 cm³/mol. The Labute approximate surface area is 153 Å². The van der Waals surface area contributed by atoms with Crippen LogP contribution < -0.4 is 28.9 Å². The van der Waals surface area contributed by atoms with Gasteiger partial charge < -0.3 is 18.1 Å². The van der Waals surface area contributed by atoms with Gasteiger partial charge in [0.2, 0.25) is 0 Å². The normalized spacial score (nSPS) is 10.8. The number of benzene rings is 2. The maximum atomic E-state index is 12.3. The molecule has 2 nitrogen and oxygen atoms in total. The Bertz CT molecular complexity index is 627. The second-order valence-electron chi connectivity index (χ2n) is 5.76. The van der Waals surface area contributed by atoms with Gasteiger partial charge in [-0.2, -0.15) is 5.30 Å². The first-order valence-electron chi connectivity index (χ1n) is 7.61. The van der Waals surface area contributed by atoms with Gasteiger partial charge in [0.15, 0.2) is 0 Å². The first kappa shape index (κ1) is 20.0. The molecule has 0 unspecified atom stereocenters. The van der Waals surface area contributed by atoms with Crippen molar-refractivity contribution in [2.24, 2.45) is 5.92 Å². The Morgan fingerprint density at radius 2 is 1.83 bits per heavy atom. The summed E-state index contributed by atoms with van der Waals surface area (Å²) in [6.07, 6.45) is 1.05. The van der Waals surface area contributed by atoms with Gasteiger partial charge in [-0.25, -0.2) is 0 Å². The summed E-state index contributed by atoms with van der Waals surface area (Å²) in [6.45, 7) is 7.13. The van der Waals surface area contributed by atoms with Crippen molar-refractivity contribution in [1.29, 1.82) is 0 Å². The van der Waals surface area contributed by atoms with E-state index in [0.29, 0.717) is 14.5 Å². The van der Waals surface area contributed by atoms with Crippen LogP contribution >= 0.6 is 8.58 Å². The van der Waals surface area contributed by atoms with Crippen molar-refractivity contribution in [3.8, 4) is 5.75 Å². The monoisotopic (exact) mass is 320 g/mol. The first-order valence-corrected chi connectivity index (χ1v) is 8.50. The van der Waals surface area contributed by atoms with E-state index in [1.807, 2.05) is 55.5 Å². The summed E-state index contributed by atoms with van der Waals surface area (Å²) in [5.41, 5.74) is 1.96. The SMILES string of the molecule is Cc1cc(OCCC(C)C)ccc1[P-]C(=O)c1ccccc1.[Li+]. The average molecular weight is 320 g/mol. The molecule has 0 aliphatic rings.